The summed E-state index contributed by atoms with van der Waals surface area (Å²) in [6, 6.07) is 2.36. The van der Waals surface area contributed by atoms with Crippen molar-refractivity contribution in [1.29, 1.82) is 0 Å². The fourth-order valence-electron chi connectivity index (χ4n) is 1.93. The summed E-state index contributed by atoms with van der Waals surface area (Å²) in [5, 5.41) is 26.8. The number of thiazole rings is 1. The molecule has 3 N–H and O–H groups in total. The van der Waals surface area contributed by atoms with Crippen LogP contribution in [0.3, 0.4) is 0 Å². The number of aryl methyl sites for hydroxylation is 1. The average Bonchev–Trinajstić information content (AvgIpc) is 2.88. The number of ether oxygens (including phenoxy) is 1. The number of rotatable bonds is 6. The minimum atomic E-state index is -0.816. The number of hydrazone groups is 1. The van der Waals surface area contributed by atoms with E-state index in [1.165, 1.54) is 12.3 Å². The first-order valence-corrected chi connectivity index (χ1v) is 7.83. The Balaban J connectivity index is 2.21. The van der Waals surface area contributed by atoms with E-state index in [4.69, 9.17) is 10.5 Å². The van der Waals surface area contributed by atoms with Crippen LogP contribution in [0.25, 0.3) is 0 Å². The highest BCUT2D eigenvalue weighted by Gasteiger charge is 2.15. The minimum absolute atomic E-state index is 0.157. The van der Waals surface area contributed by atoms with Crippen LogP contribution in [-0.4, -0.2) is 28.6 Å². The summed E-state index contributed by atoms with van der Waals surface area (Å²) < 4.78 is 5.10. The molecule has 0 saturated carbocycles. The van der Waals surface area contributed by atoms with Crippen LogP contribution in [0.5, 0.6) is 11.5 Å². The Morgan fingerprint density at radius 1 is 1.56 bits per heavy atom. The third-order valence-corrected chi connectivity index (χ3v) is 3.94. The number of nitrogens with zero attached hydrogens (tertiary/aromatic N) is 3. The van der Waals surface area contributed by atoms with E-state index < -0.39 is 22.3 Å². The number of hydrogen-bond acceptors (Lipinski definition) is 9. The Kier molecular flexibility index (Phi) is 5.49. The summed E-state index contributed by atoms with van der Waals surface area (Å²) in [4.78, 5) is 26.4. The SMILES string of the molecule is CCOc1cc(C=NNC(=O)c2sc(N)nc2C)cc([N+](=O)[O-])c1[O-]. The zero-order chi connectivity index (χ0) is 18.6. The van der Waals surface area contributed by atoms with Gasteiger partial charge in [0, 0.05) is 17.4 Å². The molecule has 10 nitrogen and oxygen atoms in total. The number of hydrogen-bond donors (Lipinski definition) is 2. The number of carbonyl (C=O) groups excluding carboxylic acids is 1. The number of nitrogens with one attached hydrogen (secondary N) is 1. The fourth-order valence-corrected chi connectivity index (χ4v) is 2.65. The molecule has 0 bridgehead atoms. The van der Waals surface area contributed by atoms with Crippen molar-refractivity contribution in [2.75, 3.05) is 12.3 Å². The second-order valence-corrected chi connectivity index (χ2v) is 5.75. The van der Waals surface area contributed by atoms with Crippen molar-refractivity contribution in [3.05, 3.63) is 38.4 Å². The average molecular weight is 364 g/mol. The van der Waals surface area contributed by atoms with Gasteiger partial charge in [-0.25, -0.2) is 10.4 Å². The maximum atomic E-state index is 12.0. The van der Waals surface area contributed by atoms with Gasteiger partial charge in [0.1, 0.15) is 10.6 Å². The molecule has 132 valence electrons. The summed E-state index contributed by atoms with van der Waals surface area (Å²) >= 11 is 1.02. The quantitative estimate of drug-likeness (QED) is 0.442. The lowest BCUT2D eigenvalue weighted by atomic mass is 10.2. The largest absolute Gasteiger partial charge is 0.865 e. The molecule has 0 aliphatic rings. The van der Waals surface area contributed by atoms with E-state index in [9.17, 15) is 20.0 Å². The smallest absolute Gasteiger partial charge is 0.283 e. The molecule has 1 aromatic heterocycles. The lowest BCUT2D eigenvalue weighted by Crippen LogP contribution is -2.17. The molecule has 0 radical (unpaired) electrons. The molecule has 1 amide bonds. The van der Waals surface area contributed by atoms with E-state index in [1.54, 1.807) is 13.8 Å². The van der Waals surface area contributed by atoms with Gasteiger partial charge in [-0.1, -0.05) is 11.3 Å². The van der Waals surface area contributed by atoms with E-state index in [0.717, 1.165) is 17.4 Å². The first-order chi connectivity index (χ1) is 11.8. The number of nitrogens with two attached hydrogens (primary N) is 1. The summed E-state index contributed by atoms with van der Waals surface area (Å²) in [7, 11) is 0. The van der Waals surface area contributed by atoms with Gasteiger partial charge >= 0.3 is 0 Å². The Labute approximate surface area is 146 Å². The minimum Gasteiger partial charge on any atom is -0.865 e. The number of nitrogen functional groups attached to an aromatic ring is 1. The van der Waals surface area contributed by atoms with E-state index in [-0.39, 0.29) is 23.1 Å². The predicted octanol–water partition coefficient (Wildman–Crippen LogP) is 1.18. The molecule has 0 aliphatic heterocycles. The van der Waals surface area contributed by atoms with Crippen LogP contribution in [0, 0.1) is 17.0 Å². The van der Waals surface area contributed by atoms with Crippen LogP contribution in [0.4, 0.5) is 10.8 Å². The van der Waals surface area contributed by atoms with E-state index >= 15 is 0 Å². The lowest BCUT2D eigenvalue weighted by Gasteiger charge is -2.14. The maximum absolute atomic E-state index is 12.0. The highest BCUT2D eigenvalue weighted by Crippen LogP contribution is 2.34. The Morgan fingerprint density at radius 2 is 2.28 bits per heavy atom. The summed E-state index contributed by atoms with van der Waals surface area (Å²) in [5.74, 6) is -1.48. The first-order valence-electron chi connectivity index (χ1n) is 7.02. The molecule has 0 unspecified atom stereocenters. The van der Waals surface area contributed by atoms with Crippen molar-refractivity contribution in [2.45, 2.75) is 13.8 Å². The molecule has 25 heavy (non-hydrogen) atoms. The molecule has 11 heteroatoms. The van der Waals surface area contributed by atoms with Gasteiger partial charge in [0.2, 0.25) is 0 Å². The number of benzene rings is 1. The van der Waals surface area contributed by atoms with Gasteiger partial charge in [0.25, 0.3) is 11.6 Å². The number of anilines is 1. The maximum Gasteiger partial charge on any atom is 0.283 e. The third kappa shape index (κ3) is 4.20. The molecule has 0 fully saturated rings. The van der Waals surface area contributed by atoms with E-state index in [1.807, 2.05) is 0 Å². The van der Waals surface area contributed by atoms with Gasteiger partial charge in [-0.05, 0) is 19.9 Å². The Bertz CT molecular complexity index is 848. The third-order valence-electron chi connectivity index (χ3n) is 2.95. The molecule has 0 spiro atoms. The highest BCUT2D eigenvalue weighted by atomic mass is 32.1. The second-order valence-electron chi connectivity index (χ2n) is 4.72. The molecule has 2 aromatic rings. The molecule has 1 aromatic carbocycles. The van der Waals surface area contributed by atoms with Crippen LogP contribution in [0.15, 0.2) is 17.2 Å². The fraction of sp³-hybridized carbons (Fsp3) is 0.214. The van der Waals surface area contributed by atoms with E-state index in [2.05, 4.69) is 15.5 Å². The van der Waals surface area contributed by atoms with Crippen molar-refractivity contribution in [2.24, 2.45) is 5.10 Å². The van der Waals surface area contributed by atoms with Gasteiger partial charge in [0.05, 0.1) is 23.4 Å². The van der Waals surface area contributed by atoms with Crippen molar-refractivity contribution in [1.82, 2.24) is 10.4 Å². The number of carbonyl (C=O) groups is 1. The van der Waals surface area contributed by atoms with E-state index in [0.29, 0.717) is 10.6 Å². The van der Waals surface area contributed by atoms with Gasteiger partial charge in [0.15, 0.2) is 5.13 Å². The zero-order valence-electron chi connectivity index (χ0n) is 13.3. The summed E-state index contributed by atoms with van der Waals surface area (Å²) in [5.41, 5.74) is 7.87. The summed E-state index contributed by atoms with van der Waals surface area (Å²) in [6.45, 7) is 3.46. The van der Waals surface area contributed by atoms with Crippen molar-refractivity contribution < 1.29 is 19.6 Å². The van der Waals surface area contributed by atoms with Crippen LogP contribution in [0.2, 0.25) is 0 Å². The predicted molar refractivity (Wildman–Crippen MR) is 90.0 cm³/mol. The molecule has 2 rings (SSSR count). The normalized spacial score (nSPS) is 10.8. The highest BCUT2D eigenvalue weighted by molar-refractivity contribution is 7.17. The van der Waals surface area contributed by atoms with Crippen LogP contribution < -0.4 is 21.0 Å². The number of amides is 1. The van der Waals surface area contributed by atoms with Gasteiger partial charge in [-0.3, -0.25) is 14.9 Å². The number of aromatic nitrogens is 1. The lowest BCUT2D eigenvalue weighted by molar-refractivity contribution is -0.398. The van der Waals surface area contributed by atoms with Gasteiger partial charge < -0.3 is 15.6 Å². The van der Waals surface area contributed by atoms with Gasteiger partial charge in [-0.15, -0.1) is 0 Å². The monoisotopic (exact) mass is 364 g/mol. The van der Waals surface area contributed by atoms with Crippen LogP contribution in [-0.2, 0) is 0 Å². The molecule has 0 aliphatic carbocycles. The van der Waals surface area contributed by atoms with Crippen molar-refractivity contribution in [3.8, 4) is 11.5 Å². The Morgan fingerprint density at radius 3 is 2.84 bits per heavy atom. The van der Waals surface area contributed by atoms with Crippen molar-refractivity contribution in [3.63, 3.8) is 0 Å². The number of nitro groups is 1. The topological polar surface area (TPSA) is 156 Å². The molecular weight excluding hydrogens is 350 g/mol. The standard InChI is InChI=1S/C14H15N5O5S/c1-3-24-10-5-8(4-9(11(10)20)19(22)23)6-16-18-13(21)12-7(2)17-14(15)25-12/h4-6,20H,3H2,1-2H3,(H2,15,17)(H,18,21)/p-1. The molecule has 0 atom stereocenters. The molecule has 1 heterocycles. The van der Waals surface area contributed by atoms with Gasteiger partial charge in [-0.2, -0.15) is 5.10 Å². The summed E-state index contributed by atoms with van der Waals surface area (Å²) in [6.07, 6.45) is 1.17. The van der Waals surface area contributed by atoms with Crippen LogP contribution in [0.1, 0.15) is 27.9 Å². The van der Waals surface area contributed by atoms with Crippen molar-refractivity contribution >= 4 is 34.3 Å². The Hall–Kier alpha value is -3.21. The first kappa shape index (κ1) is 18.1. The zero-order valence-corrected chi connectivity index (χ0v) is 14.1. The van der Waals surface area contributed by atoms with Crippen LogP contribution >= 0.6 is 11.3 Å². The molecular formula is C14H14N5O5S-. The molecule has 0 saturated heterocycles. The second kappa shape index (κ2) is 7.57. The number of nitro benzene ring substituents is 1.